The van der Waals surface area contributed by atoms with E-state index in [4.69, 9.17) is 9.47 Å². The lowest BCUT2D eigenvalue weighted by atomic mass is 10.1. The number of ether oxygens (including phenoxy) is 2. The predicted molar refractivity (Wildman–Crippen MR) is 121 cm³/mol. The molecule has 0 bridgehead atoms. The highest BCUT2D eigenvalue weighted by molar-refractivity contribution is 5.99. The number of carbonyl (C=O) groups is 2. The molecular weight excluding hydrogens is 396 g/mol. The van der Waals surface area contributed by atoms with E-state index < -0.39 is 23.4 Å². The van der Waals surface area contributed by atoms with E-state index in [0.29, 0.717) is 6.54 Å². The molecule has 1 heterocycles. The molecule has 2 amide bonds. The van der Waals surface area contributed by atoms with Gasteiger partial charge in [-0.15, -0.1) is 4.99 Å². The summed E-state index contributed by atoms with van der Waals surface area (Å²) >= 11 is 0. The Bertz CT molecular complexity index is 781. The van der Waals surface area contributed by atoms with Gasteiger partial charge < -0.3 is 14.4 Å². The molecule has 1 aliphatic heterocycles. The van der Waals surface area contributed by atoms with Gasteiger partial charge in [-0.1, -0.05) is 30.3 Å². The molecule has 0 radical (unpaired) electrons. The number of nitrogens with one attached hydrogen (secondary N) is 1. The molecule has 1 atom stereocenters. The average Bonchev–Trinajstić information content (AvgIpc) is 2.59. The number of guanidine groups is 1. The lowest BCUT2D eigenvalue weighted by Crippen LogP contribution is -2.58. The first-order chi connectivity index (χ1) is 14.3. The molecule has 1 N–H and O–H groups in total. The van der Waals surface area contributed by atoms with Crippen LogP contribution in [0, 0.1) is 0 Å². The summed E-state index contributed by atoms with van der Waals surface area (Å²) in [6, 6.07) is 10.3. The van der Waals surface area contributed by atoms with Gasteiger partial charge in [-0.2, -0.15) is 0 Å². The number of carbonyl (C=O) groups excluding carboxylic acids is 2. The SMILES string of the molecule is C[C@@H]1CN(Cc2ccccc2)CCN1/C(=N/C(=O)OC(C)(C)C)NC(=O)OC(C)(C)C. The van der Waals surface area contributed by atoms with Crippen LogP contribution in [0.25, 0.3) is 0 Å². The molecule has 0 unspecified atom stereocenters. The second kappa shape index (κ2) is 10.1. The molecule has 0 saturated carbocycles. The summed E-state index contributed by atoms with van der Waals surface area (Å²) < 4.78 is 10.7. The summed E-state index contributed by atoms with van der Waals surface area (Å²) in [6.45, 7) is 15.7. The Hall–Kier alpha value is -2.61. The number of alkyl carbamates (subject to hydrolysis) is 1. The van der Waals surface area contributed by atoms with Gasteiger partial charge in [0, 0.05) is 32.2 Å². The minimum absolute atomic E-state index is 0.0218. The van der Waals surface area contributed by atoms with Gasteiger partial charge in [0.25, 0.3) is 0 Å². The fourth-order valence-electron chi connectivity index (χ4n) is 3.26. The lowest BCUT2D eigenvalue weighted by molar-refractivity contribution is 0.0542. The molecule has 172 valence electrons. The van der Waals surface area contributed by atoms with Crippen LogP contribution in [0.5, 0.6) is 0 Å². The number of hydrogen-bond donors (Lipinski definition) is 1. The highest BCUT2D eigenvalue weighted by Crippen LogP contribution is 2.15. The zero-order chi connectivity index (χ0) is 23.2. The smallest absolute Gasteiger partial charge is 0.437 e. The van der Waals surface area contributed by atoms with Crippen molar-refractivity contribution in [1.82, 2.24) is 15.1 Å². The Morgan fingerprint density at radius 1 is 1.03 bits per heavy atom. The maximum absolute atomic E-state index is 12.4. The average molecular weight is 433 g/mol. The maximum atomic E-state index is 12.4. The Morgan fingerprint density at radius 3 is 2.19 bits per heavy atom. The third-order valence-corrected chi connectivity index (χ3v) is 4.44. The van der Waals surface area contributed by atoms with Crippen molar-refractivity contribution in [2.45, 2.75) is 72.3 Å². The lowest BCUT2D eigenvalue weighted by Gasteiger charge is -2.41. The van der Waals surface area contributed by atoms with Crippen molar-refractivity contribution >= 4 is 18.1 Å². The van der Waals surface area contributed by atoms with Gasteiger partial charge >= 0.3 is 12.2 Å². The first-order valence-corrected chi connectivity index (χ1v) is 10.7. The molecule has 1 saturated heterocycles. The van der Waals surface area contributed by atoms with Crippen LogP contribution in [0.1, 0.15) is 54.0 Å². The molecule has 0 spiro atoms. The minimum atomic E-state index is -0.752. The summed E-state index contributed by atoms with van der Waals surface area (Å²) in [6.07, 6.45) is -1.41. The van der Waals surface area contributed by atoms with Gasteiger partial charge in [0.1, 0.15) is 11.2 Å². The molecule has 8 nitrogen and oxygen atoms in total. The maximum Gasteiger partial charge on any atom is 0.437 e. The van der Waals surface area contributed by atoms with Crippen molar-refractivity contribution < 1.29 is 19.1 Å². The molecule has 2 rings (SSSR count). The van der Waals surface area contributed by atoms with E-state index in [1.54, 1.807) is 41.5 Å². The highest BCUT2D eigenvalue weighted by Gasteiger charge is 2.30. The minimum Gasteiger partial charge on any atom is -0.444 e. The van der Waals surface area contributed by atoms with E-state index in [1.807, 2.05) is 30.0 Å². The normalized spacial score (nSPS) is 18.5. The third-order valence-electron chi connectivity index (χ3n) is 4.44. The monoisotopic (exact) mass is 432 g/mol. The second-order valence-electron chi connectivity index (χ2n) is 9.81. The van der Waals surface area contributed by atoms with Gasteiger partial charge in [0.05, 0.1) is 0 Å². The van der Waals surface area contributed by atoms with Crippen molar-refractivity contribution in [2.24, 2.45) is 4.99 Å². The molecule has 31 heavy (non-hydrogen) atoms. The van der Waals surface area contributed by atoms with Crippen LogP contribution < -0.4 is 5.32 Å². The Morgan fingerprint density at radius 2 is 1.65 bits per heavy atom. The number of hydrogen-bond acceptors (Lipinski definition) is 5. The summed E-state index contributed by atoms with van der Waals surface area (Å²) in [4.78, 5) is 33.1. The van der Waals surface area contributed by atoms with E-state index >= 15 is 0 Å². The van der Waals surface area contributed by atoms with E-state index in [-0.39, 0.29) is 12.0 Å². The quantitative estimate of drug-likeness (QED) is 0.562. The fourth-order valence-corrected chi connectivity index (χ4v) is 3.26. The predicted octanol–water partition coefficient (Wildman–Crippen LogP) is 4.01. The second-order valence-corrected chi connectivity index (χ2v) is 9.81. The van der Waals surface area contributed by atoms with Crippen molar-refractivity contribution in [3.8, 4) is 0 Å². The zero-order valence-corrected chi connectivity index (χ0v) is 19.8. The number of amides is 2. The zero-order valence-electron chi connectivity index (χ0n) is 19.8. The van der Waals surface area contributed by atoms with Crippen LogP contribution in [0.2, 0.25) is 0 Å². The summed E-state index contributed by atoms with van der Waals surface area (Å²) in [7, 11) is 0. The summed E-state index contributed by atoms with van der Waals surface area (Å²) in [5.74, 6) is 0.148. The number of aliphatic imine (C=N–C) groups is 1. The summed E-state index contributed by atoms with van der Waals surface area (Å²) in [5.41, 5.74) is -0.101. The van der Waals surface area contributed by atoms with Gasteiger partial charge in [-0.3, -0.25) is 10.2 Å². The topological polar surface area (TPSA) is 83.5 Å². The number of rotatable bonds is 2. The third kappa shape index (κ3) is 8.96. The van der Waals surface area contributed by atoms with Crippen LogP contribution in [-0.4, -0.2) is 64.8 Å². The van der Waals surface area contributed by atoms with Crippen LogP contribution in [0.4, 0.5) is 9.59 Å². The van der Waals surface area contributed by atoms with E-state index in [1.165, 1.54) is 5.56 Å². The van der Waals surface area contributed by atoms with Gasteiger partial charge in [-0.25, -0.2) is 9.59 Å². The first kappa shape index (κ1) is 24.7. The first-order valence-electron chi connectivity index (χ1n) is 10.7. The molecule has 8 heteroatoms. The van der Waals surface area contributed by atoms with Crippen LogP contribution in [0.15, 0.2) is 35.3 Å². The molecule has 1 aromatic rings. The van der Waals surface area contributed by atoms with E-state index in [0.717, 1.165) is 19.6 Å². The van der Waals surface area contributed by atoms with E-state index in [2.05, 4.69) is 27.3 Å². The van der Waals surface area contributed by atoms with Gasteiger partial charge in [-0.05, 0) is 54.0 Å². The molecule has 0 aliphatic carbocycles. The number of nitrogens with zero attached hydrogens (tertiary/aromatic N) is 3. The largest absolute Gasteiger partial charge is 0.444 e. The summed E-state index contributed by atoms with van der Waals surface area (Å²) in [5, 5.41) is 2.65. The molecule has 0 aromatic heterocycles. The van der Waals surface area contributed by atoms with Crippen molar-refractivity contribution in [1.29, 1.82) is 0 Å². The Labute approximate surface area is 185 Å². The standard InChI is InChI=1S/C23H36N4O4/c1-17-15-26(16-18-11-9-8-10-12-18)13-14-27(17)19(24-20(28)30-22(2,3)4)25-21(29)31-23(5,6)7/h8-12,17H,13-16H2,1-7H3,(H,24,25,28,29)/t17-/m1/s1. The van der Waals surface area contributed by atoms with Crippen LogP contribution in [-0.2, 0) is 16.0 Å². The number of benzene rings is 1. The van der Waals surface area contributed by atoms with Crippen LogP contribution in [0.3, 0.4) is 0 Å². The number of piperazine rings is 1. The van der Waals surface area contributed by atoms with Gasteiger partial charge in [0.15, 0.2) is 0 Å². The van der Waals surface area contributed by atoms with Crippen LogP contribution >= 0.6 is 0 Å². The van der Waals surface area contributed by atoms with Gasteiger partial charge in [0.2, 0.25) is 5.96 Å². The van der Waals surface area contributed by atoms with E-state index in [9.17, 15) is 9.59 Å². The molecular formula is C23H36N4O4. The van der Waals surface area contributed by atoms with Crippen molar-refractivity contribution in [2.75, 3.05) is 19.6 Å². The Kier molecular flexibility index (Phi) is 8.06. The molecule has 1 aromatic carbocycles. The highest BCUT2D eigenvalue weighted by atomic mass is 16.6. The van der Waals surface area contributed by atoms with Crippen molar-refractivity contribution in [3.05, 3.63) is 35.9 Å². The fraction of sp³-hybridized carbons (Fsp3) is 0.609. The molecule has 1 aliphatic rings. The Balaban J connectivity index is 2.13. The molecule has 1 fully saturated rings. The van der Waals surface area contributed by atoms with Crippen molar-refractivity contribution in [3.63, 3.8) is 0 Å².